The van der Waals surface area contributed by atoms with Crippen LogP contribution in [0.2, 0.25) is 0 Å². The van der Waals surface area contributed by atoms with Gasteiger partial charge < -0.3 is 4.74 Å². The molecule has 4 aromatic heterocycles. The van der Waals surface area contributed by atoms with Crippen LogP contribution in [0.1, 0.15) is 16.7 Å². The summed E-state index contributed by atoms with van der Waals surface area (Å²) < 4.78 is 8.21. The van der Waals surface area contributed by atoms with E-state index < -0.39 is 0 Å². The molecule has 1 fully saturated rings. The number of aromatic nitrogens is 3. The molecule has 0 bridgehead atoms. The Hall–Kier alpha value is -2.54. The van der Waals surface area contributed by atoms with Gasteiger partial charge in [-0.2, -0.15) is 0 Å². The van der Waals surface area contributed by atoms with E-state index in [0.717, 1.165) is 48.8 Å². The van der Waals surface area contributed by atoms with Crippen molar-refractivity contribution in [1.82, 2.24) is 19.3 Å². The van der Waals surface area contributed by atoms with Crippen molar-refractivity contribution in [2.24, 2.45) is 0 Å². The Morgan fingerprint density at radius 2 is 2.04 bits per heavy atom. The summed E-state index contributed by atoms with van der Waals surface area (Å²) in [6.07, 6.45) is 5.76. The van der Waals surface area contributed by atoms with Gasteiger partial charge in [0.25, 0.3) is 0 Å². The number of pyridine rings is 2. The topological polar surface area (TPSA) is 42.7 Å². The van der Waals surface area contributed by atoms with Crippen LogP contribution in [0.4, 0.5) is 0 Å². The zero-order chi connectivity index (χ0) is 18.1. The number of hydrogen-bond acceptors (Lipinski definition) is 5. The first-order valence-corrected chi connectivity index (χ1v) is 9.99. The van der Waals surface area contributed by atoms with Crippen LogP contribution in [0.15, 0.2) is 66.4 Å². The highest BCUT2D eigenvalue weighted by molar-refractivity contribution is 7.09. The Morgan fingerprint density at radius 1 is 1.11 bits per heavy atom. The Balaban J connectivity index is 1.43. The molecule has 0 aliphatic carbocycles. The van der Waals surface area contributed by atoms with Gasteiger partial charge in [-0.1, -0.05) is 12.1 Å². The van der Waals surface area contributed by atoms with Crippen molar-refractivity contribution in [2.45, 2.75) is 12.6 Å². The summed E-state index contributed by atoms with van der Waals surface area (Å²) in [6.45, 7) is 3.55. The summed E-state index contributed by atoms with van der Waals surface area (Å²) in [4.78, 5) is 12.8. The first-order valence-electron chi connectivity index (χ1n) is 9.11. The Labute approximate surface area is 161 Å². The third-order valence-corrected chi connectivity index (χ3v) is 5.79. The minimum absolute atomic E-state index is 0.00361. The highest BCUT2D eigenvalue weighted by Gasteiger charge is 2.24. The van der Waals surface area contributed by atoms with Crippen molar-refractivity contribution in [1.29, 1.82) is 0 Å². The summed E-state index contributed by atoms with van der Waals surface area (Å²) in [5.74, 6) is 0. The largest absolute Gasteiger partial charge is 0.369 e. The summed E-state index contributed by atoms with van der Waals surface area (Å²) >= 11 is 1.81. The first-order chi connectivity index (χ1) is 13.4. The number of rotatable bonds is 4. The maximum absolute atomic E-state index is 6.06. The van der Waals surface area contributed by atoms with Crippen molar-refractivity contribution in [3.05, 3.63) is 77.0 Å². The van der Waals surface area contributed by atoms with E-state index >= 15 is 0 Å². The highest BCUT2D eigenvalue weighted by atomic mass is 32.1. The second-order valence-electron chi connectivity index (χ2n) is 6.71. The van der Waals surface area contributed by atoms with Gasteiger partial charge in [0.15, 0.2) is 0 Å². The Bertz CT molecular complexity index is 1030. The van der Waals surface area contributed by atoms with Crippen LogP contribution in [-0.2, 0) is 11.3 Å². The van der Waals surface area contributed by atoms with Crippen molar-refractivity contribution < 1.29 is 4.74 Å². The number of imidazole rings is 1. The molecular formula is C21H20N4OS. The van der Waals surface area contributed by atoms with Gasteiger partial charge in [-0.3, -0.25) is 14.3 Å². The number of ether oxygens (including phenoxy) is 1. The van der Waals surface area contributed by atoms with Crippen molar-refractivity contribution >= 4 is 17.0 Å². The molecule has 6 heteroatoms. The van der Waals surface area contributed by atoms with Gasteiger partial charge in [-0.25, -0.2) is 4.98 Å². The van der Waals surface area contributed by atoms with Gasteiger partial charge in [-0.15, -0.1) is 11.3 Å². The fourth-order valence-corrected chi connectivity index (χ4v) is 4.34. The van der Waals surface area contributed by atoms with Crippen LogP contribution in [0, 0.1) is 0 Å². The number of morpholine rings is 1. The molecule has 1 atom stereocenters. The molecule has 136 valence electrons. The second-order valence-corrected chi connectivity index (χ2v) is 7.75. The van der Waals surface area contributed by atoms with E-state index in [9.17, 15) is 0 Å². The van der Waals surface area contributed by atoms with Crippen LogP contribution < -0.4 is 0 Å². The lowest BCUT2D eigenvalue weighted by Crippen LogP contribution is -2.37. The molecule has 0 N–H and O–H groups in total. The maximum Gasteiger partial charge on any atom is 0.137 e. The van der Waals surface area contributed by atoms with E-state index in [0.29, 0.717) is 0 Å². The normalized spacial score (nSPS) is 18.1. The summed E-state index contributed by atoms with van der Waals surface area (Å²) in [5.41, 5.74) is 4.18. The Kier molecular flexibility index (Phi) is 4.45. The standard InChI is InChI=1S/C21H20N4OS/c1-4-19(16-6-8-22-9-7-16)25-14-18(23-21(25)5-1)20-15-24(10-11-26-20)13-17-3-2-12-27-17/h1-9,12,14,20H,10-11,13,15H2. The lowest BCUT2D eigenvalue weighted by atomic mass is 10.2. The molecule has 4 aromatic rings. The molecule has 1 aliphatic rings. The van der Waals surface area contributed by atoms with Gasteiger partial charge in [0.1, 0.15) is 11.8 Å². The minimum atomic E-state index is 0.00361. The van der Waals surface area contributed by atoms with E-state index in [1.807, 2.05) is 48.0 Å². The molecule has 5 rings (SSSR count). The first kappa shape index (κ1) is 16.6. The third-order valence-electron chi connectivity index (χ3n) is 4.93. The number of hydrogen-bond donors (Lipinski definition) is 0. The molecular weight excluding hydrogens is 356 g/mol. The highest BCUT2D eigenvalue weighted by Crippen LogP contribution is 2.26. The molecule has 0 amide bonds. The van der Waals surface area contributed by atoms with Crippen LogP contribution in [0.25, 0.3) is 16.9 Å². The van der Waals surface area contributed by atoms with Crippen LogP contribution in [-0.4, -0.2) is 39.0 Å². The lowest BCUT2D eigenvalue weighted by Gasteiger charge is -2.31. The van der Waals surface area contributed by atoms with Gasteiger partial charge in [0, 0.05) is 48.7 Å². The van der Waals surface area contributed by atoms with Crippen molar-refractivity contribution in [2.75, 3.05) is 19.7 Å². The molecule has 1 aliphatic heterocycles. The van der Waals surface area contributed by atoms with Gasteiger partial charge in [-0.05, 0) is 35.7 Å². The van der Waals surface area contributed by atoms with Crippen molar-refractivity contribution in [3.63, 3.8) is 0 Å². The van der Waals surface area contributed by atoms with E-state index in [-0.39, 0.29) is 6.10 Å². The lowest BCUT2D eigenvalue weighted by molar-refractivity contribution is -0.0344. The smallest absolute Gasteiger partial charge is 0.137 e. The number of thiophene rings is 1. The zero-order valence-electron chi connectivity index (χ0n) is 14.9. The molecule has 5 nitrogen and oxygen atoms in total. The fourth-order valence-electron chi connectivity index (χ4n) is 3.59. The maximum atomic E-state index is 6.06. The van der Waals surface area contributed by atoms with Crippen molar-refractivity contribution in [3.8, 4) is 11.3 Å². The van der Waals surface area contributed by atoms with Gasteiger partial charge in [0.05, 0.1) is 18.0 Å². The van der Waals surface area contributed by atoms with Crippen LogP contribution in [0.5, 0.6) is 0 Å². The van der Waals surface area contributed by atoms with Crippen LogP contribution >= 0.6 is 11.3 Å². The molecule has 1 unspecified atom stereocenters. The molecule has 0 spiro atoms. The predicted molar refractivity (Wildman–Crippen MR) is 107 cm³/mol. The Morgan fingerprint density at radius 3 is 2.89 bits per heavy atom. The quantitative estimate of drug-likeness (QED) is 0.539. The number of fused-ring (bicyclic) bond motifs is 1. The predicted octanol–water partition coefficient (Wildman–Crippen LogP) is 4.03. The molecule has 27 heavy (non-hydrogen) atoms. The average Bonchev–Trinajstić information content (AvgIpc) is 3.38. The number of nitrogens with zero attached hydrogens (tertiary/aromatic N) is 4. The van der Waals surface area contributed by atoms with Gasteiger partial charge >= 0.3 is 0 Å². The molecule has 0 aromatic carbocycles. The zero-order valence-corrected chi connectivity index (χ0v) is 15.7. The SMILES string of the molecule is c1csc(CN2CCOC(c3cn4c(-c5ccncc5)cccc4n3)C2)c1. The summed E-state index contributed by atoms with van der Waals surface area (Å²) in [7, 11) is 0. The summed E-state index contributed by atoms with van der Waals surface area (Å²) in [6, 6.07) is 14.6. The molecule has 5 heterocycles. The van der Waals surface area contributed by atoms with Gasteiger partial charge in [0.2, 0.25) is 0 Å². The second kappa shape index (κ2) is 7.23. The van der Waals surface area contributed by atoms with E-state index in [4.69, 9.17) is 9.72 Å². The summed E-state index contributed by atoms with van der Waals surface area (Å²) in [5, 5.41) is 2.13. The average molecular weight is 376 g/mol. The third kappa shape index (κ3) is 3.39. The van der Waals surface area contributed by atoms with E-state index in [1.165, 1.54) is 4.88 Å². The fraction of sp³-hybridized carbons (Fsp3) is 0.238. The monoisotopic (exact) mass is 376 g/mol. The van der Waals surface area contributed by atoms with E-state index in [1.54, 1.807) is 0 Å². The van der Waals surface area contributed by atoms with Crippen LogP contribution in [0.3, 0.4) is 0 Å². The van der Waals surface area contributed by atoms with E-state index in [2.05, 4.69) is 44.1 Å². The molecule has 0 radical (unpaired) electrons. The minimum Gasteiger partial charge on any atom is -0.369 e. The molecule has 0 saturated carbocycles. The molecule has 1 saturated heterocycles.